The quantitative estimate of drug-likeness (QED) is 0.144. The maximum Gasteiger partial charge on any atom is 0.0542 e. The molecule has 0 spiro atoms. The van der Waals surface area contributed by atoms with E-state index in [-0.39, 0.29) is 0 Å². The predicted molar refractivity (Wildman–Crippen MR) is 287 cm³/mol. The molecule has 0 aliphatic rings. The summed E-state index contributed by atoms with van der Waals surface area (Å²) in [7, 11) is 0. The van der Waals surface area contributed by atoms with Crippen molar-refractivity contribution in [3.63, 3.8) is 0 Å². The molecular formula is C64H44N4. The zero-order valence-electron chi connectivity index (χ0n) is 37.2. The van der Waals surface area contributed by atoms with Crippen molar-refractivity contribution < 1.29 is 0 Å². The number of hydrogen-bond acceptors (Lipinski definition) is 2. The molecule has 2 heterocycles. The van der Waals surface area contributed by atoms with Gasteiger partial charge in [0.15, 0.2) is 0 Å². The number of aromatic nitrogens is 2. The van der Waals surface area contributed by atoms with E-state index < -0.39 is 0 Å². The molecule has 13 aromatic rings. The van der Waals surface area contributed by atoms with E-state index in [1.54, 1.807) is 0 Å². The first kappa shape index (κ1) is 39.3. The van der Waals surface area contributed by atoms with Crippen LogP contribution in [0.15, 0.2) is 267 Å². The van der Waals surface area contributed by atoms with E-state index in [1.807, 2.05) is 0 Å². The molecule has 0 saturated carbocycles. The Morgan fingerprint density at radius 1 is 0.235 bits per heavy atom. The fraction of sp³-hybridized carbons (Fsp3) is 0. The topological polar surface area (TPSA) is 16.3 Å². The smallest absolute Gasteiger partial charge is 0.0542 e. The molecule has 2 aromatic heterocycles. The van der Waals surface area contributed by atoms with Crippen LogP contribution in [-0.2, 0) is 0 Å². The number of fused-ring (bicyclic) bond motifs is 7. The summed E-state index contributed by atoms with van der Waals surface area (Å²) in [6.45, 7) is 0. The molecule has 0 aliphatic carbocycles. The zero-order chi connectivity index (χ0) is 45.0. The minimum absolute atomic E-state index is 1.09. The summed E-state index contributed by atoms with van der Waals surface area (Å²) in [5, 5.41) is 7.27. The van der Waals surface area contributed by atoms with Crippen molar-refractivity contribution in [2.45, 2.75) is 0 Å². The highest BCUT2D eigenvalue weighted by Crippen LogP contribution is 2.45. The van der Waals surface area contributed by atoms with Gasteiger partial charge in [-0.15, -0.1) is 0 Å². The summed E-state index contributed by atoms with van der Waals surface area (Å²) in [5.41, 5.74) is 16.0. The molecule has 320 valence electrons. The zero-order valence-corrected chi connectivity index (χ0v) is 37.2. The van der Waals surface area contributed by atoms with Gasteiger partial charge >= 0.3 is 0 Å². The van der Waals surface area contributed by atoms with Crippen LogP contribution in [0.2, 0.25) is 0 Å². The molecule has 4 nitrogen and oxygen atoms in total. The molecule has 0 N–H and O–H groups in total. The molecule has 0 aliphatic heterocycles. The van der Waals surface area contributed by atoms with Gasteiger partial charge in [0.1, 0.15) is 0 Å². The highest BCUT2D eigenvalue weighted by atomic mass is 15.2. The van der Waals surface area contributed by atoms with Gasteiger partial charge in [-0.05, 0) is 132 Å². The van der Waals surface area contributed by atoms with Gasteiger partial charge in [-0.3, -0.25) is 0 Å². The second-order valence-electron chi connectivity index (χ2n) is 17.3. The molecule has 0 bridgehead atoms. The van der Waals surface area contributed by atoms with Crippen molar-refractivity contribution in [2.24, 2.45) is 0 Å². The second kappa shape index (κ2) is 16.4. The Bertz CT molecular complexity index is 3950. The van der Waals surface area contributed by atoms with Gasteiger partial charge in [0.05, 0.1) is 27.8 Å². The van der Waals surface area contributed by atoms with E-state index >= 15 is 0 Å². The van der Waals surface area contributed by atoms with Crippen LogP contribution in [0.3, 0.4) is 0 Å². The Morgan fingerprint density at radius 3 is 1.19 bits per heavy atom. The van der Waals surface area contributed by atoms with E-state index in [1.165, 1.54) is 59.9 Å². The monoisotopic (exact) mass is 868 g/mol. The van der Waals surface area contributed by atoms with E-state index in [4.69, 9.17) is 0 Å². The number of para-hydroxylation sites is 6. The van der Waals surface area contributed by atoms with Gasteiger partial charge in [-0.25, -0.2) is 0 Å². The SMILES string of the molecule is c1ccc(N(c2ccc(-c3cccc4c(N(c5ccccc5)c5ccc6c(c5)c5ccccc5n6-c5ccccc5)cccc34)cc2)c2ccc3c(c2)c2ccccc2n3-c2ccccc2)cc1. The van der Waals surface area contributed by atoms with Crippen molar-refractivity contribution in [3.05, 3.63) is 267 Å². The number of nitrogens with zero attached hydrogens (tertiary/aromatic N) is 4. The van der Waals surface area contributed by atoms with Gasteiger partial charge in [-0.1, -0.05) is 152 Å². The lowest BCUT2D eigenvalue weighted by Gasteiger charge is -2.27. The Labute approximate surface area is 395 Å². The third-order valence-electron chi connectivity index (χ3n) is 13.5. The lowest BCUT2D eigenvalue weighted by Crippen LogP contribution is -2.10. The van der Waals surface area contributed by atoms with Gasteiger partial charge in [0.25, 0.3) is 0 Å². The van der Waals surface area contributed by atoms with Gasteiger partial charge in [0.2, 0.25) is 0 Å². The van der Waals surface area contributed by atoms with Crippen LogP contribution in [0.5, 0.6) is 0 Å². The molecule has 0 fully saturated rings. The first-order valence-electron chi connectivity index (χ1n) is 23.3. The maximum absolute atomic E-state index is 2.41. The number of hydrogen-bond donors (Lipinski definition) is 0. The average molecular weight is 869 g/mol. The molecule has 0 unspecified atom stereocenters. The number of rotatable bonds is 9. The largest absolute Gasteiger partial charge is 0.310 e. The highest BCUT2D eigenvalue weighted by molar-refractivity contribution is 6.13. The predicted octanol–water partition coefficient (Wildman–Crippen LogP) is 17.6. The lowest BCUT2D eigenvalue weighted by atomic mass is 9.96. The summed E-state index contributed by atoms with van der Waals surface area (Å²) >= 11 is 0. The highest BCUT2D eigenvalue weighted by Gasteiger charge is 2.21. The molecule has 0 radical (unpaired) electrons. The fourth-order valence-electron chi connectivity index (χ4n) is 10.5. The second-order valence-corrected chi connectivity index (χ2v) is 17.3. The molecule has 68 heavy (non-hydrogen) atoms. The Hall–Kier alpha value is -9.12. The Balaban J connectivity index is 0.916. The minimum atomic E-state index is 1.09. The Morgan fingerprint density at radius 2 is 0.632 bits per heavy atom. The summed E-state index contributed by atoms with van der Waals surface area (Å²) in [4.78, 5) is 4.78. The van der Waals surface area contributed by atoms with E-state index in [2.05, 4.69) is 286 Å². The van der Waals surface area contributed by atoms with Crippen molar-refractivity contribution in [3.8, 4) is 22.5 Å². The average Bonchev–Trinajstić information content (AvgIpc) is 3.92. The molecule has 4 heteroatoms. The first-order valence-corrected chi connectivity index (χ1v) is 23.3. The van der Waals surface area contributed by atoms with Crippen molar-refractivity contribution >= 4 is 88.5 Å². The van der Waals surface area contributed by atoms with Gasteiger partial charge in [-0.2, -0.15) is 0 Å². The standard InChI is InChI=1S/C64H44N4/c1-5-19-46(20-6-1)65(51-39-41-63-58(43-51)56-27-13-15-32-61(56)67(63)48-23-9-3-10-24-48)50-37-35-45(36-38-50)53-29-17-31-55-54(53)30-18-34-60(55)66(47-21-7-2-8-22-47)52-40-42-64-59(44-52)57-28-14-16-33-62(57)68(64)49-25-11-4-12-26-49/h1-44H. The van der Waals surface area contributed by atoms with Crippen LogP contribution in [0.1, 0.15) is 0 Å². The minimum Gasteiger partial charge on any atom is -0.310 e. The molecule has 11 aromatic carbocycles. The molecular weight excluding hydrogens is 825 g/mol. The molecule has 13 rings (SSSR count). The van der Waals surface area contributed by atoms with Crippen LogP contribution in [0.4, 0.5) is 34.1 Å². The lowest BCUT2D eigenvalue weighted by molar-refractivity contribution is 1.18. The summed E-state index contributed by atoms with van der Waals surface area (Å²) in [5.74, 6) is 0. The van der Waals surface area contributed by atoms with Crippen LogP contribution < -0.4 is 9.80 Å². The van der Waals surface area contributed by atoms with E-state index in [0.717, 1.165) is 51.1 Å². The summed E-state index contributed by atoms with van der Waals surface area (Å²) < 4.78 is 4.75. The van der Waals surface area contributed by atoms with Crippen LogP contribution in [0.25, 0.3) is 76.9 Å². The molecule has 0 atom stereocenters. The third kappa shape index (κ3) is 6.53. The maximum atomic E-state index is 2.41. The summed E-state index contributed by atoms with van der Waals surface area (Å²) in [6, 6.07) is 96.5. The van der Waals surface area contributed by atoms with Crippen LogP contribution in [-0.4, -0.2) is 9.13 Å². The normalized spacial score (nSPS) is 11.5. The number of anilines is 6. The van der Waals surface area contributed by atoms with Crippen LogP contribution in [0, 0.1) is 0 Å². The van der Waals surface area contributed by atoms with Crippen LogP contribution >= 0.6 is 0 Å². The van der Waals surface area contributed by atoms with Gasteiger partial charge in [0, 0.05) is 66.7 Å². The third-order valence-corrected chi connectivity index (χ3v) is 13.5. The van der Waals surface area contributed by atoms with Gasteiger partial charge < -0.3 is 18.9 Å². The van der Waals surface area contributed by atoms with Crippen molar-refractivity contribution in [1.82, 2.24) is 9.13 Å². The molecule has 0 amide bonds. The molecule has 0 saturated heterocycles. The number of benzene rings is 11. The van der Waals surface area contributed by atoms with Crippen molar-refractivity contribution in [2.75, 3.05) is 9.80 Å². The fourth-order valence-corrected chi connectivity index (χ4v) is 10.5. The van der Waals surface area contributed by atoms with E-state index in [9.17, 15) is 0 Å². The van der Waals surface area contributed by atoms with E-state index in [0.29, 0.717) is 0 Å². The summed E-state index contributed by atoms with van der Waals surface area (Å²) in [6.07, 6.45) is 0. The first-order chi connectivity index (χ1) is 33.8. The Kier molecular flexibility index (Phi) is 9.47. The van der Waals surface area contributed by atoms with Crippen molar-refractivity contribution in [1.29, 1.82) is 0 Å².